The van der Waals surface area contributed by atoms with Crippen molar-refractivity contribution in [1.29, 1.82) is 0 Å². The molecule has 8 nitrogen and oxygen atoms in total. The first-order chi connectivity index (χ1) is 15.3. The lowest BCUT2D eigenvalue weighted by atomic mass is 9.67. The highest BCUT2D eigenvalue weighted by Crippen LogP contribution is 2.57. The number of anilines is 2. The van der Waals surface area contributed by atoms with Crippen molar-refractivity contribution < 1.29 is 9.59 Å². The molecule has 2 aromatic carbocycles. The van der Waals surface area contributed by atoms with Crippen LogP contribution < -0.4 is 21.9 Å². The summed E-state index contributed by atoms with van der Waals surface area (Å²) >= 11 is 3.47. The lowest BCUT2D eigenvalue weighted by Gasteiger charge is -2.36. The molecule has 3 aromatic rings. The monoisotopic (exact) mass is 490 g/mol. The molecule has 158 valence electrons. The summed E-state index contributed by atoms with van der Waals surface area (Å²) in [4.78, 5) is 53.5. The quantitative estimate of drug-likeness (QED) is 0.502. The summed E-state index contributed by atoms with van der Waals surface area (Å²) in [5, 5.41) is 5.93. The largest absolute Gasteiger partial charge is 0.338 e. The molecular weight excluding hydrogens is 476 g/mol. The highest BCUT2D eigenvalue weighted by Gasteiger charge is 2.60. The van der Waals surface area contributed by atoms with Gasteiger partial charge >= 0.3 is 5.69 Å². The van der Waals surface area contributed by atoms with E-state index in [9.17, 15) is 19.2 Å². The zero-order valence-corrected chi connectivity index (χ0v) is 18.5. The first kappa shape index (κ1) is 19.0. The Morgan fingerprint density at radius 3 is 2.38 bits per heavy atom. The third-order valence-electron chi connectivity index (χ3n) is 6.55. The number of hydrogen-bond donors (Lipinski definition) is 2. The Labute approximate surface area is 189 Å². The fourth-order valence-electron chi connectivity index (χ4n) is 5.13. The minimum atomic E-state index is -1.60. The van der Waals surface area contributed by atoms with Crippen LogP contribution in [0.2, 0.25) is 0 Å². The average Bonchev–Trinajstić information content (AvgIpc) is 3.23. The minimum Gasteiger partial charge on any atom is -0.338 e. The van der Waals surface area contributed by atoms with Crippen molar-refractivity contribution in [3.05, 3.63) is 95.7 Å². The molecule has 1 spiro atoms. The average molecular weight is 491 g/mol. The summed E-state index contributed by atoms with van der Waals surface area (Å²) in [5.74, 6) is -0.591. The second kappa shape index (κ2) is 5.95. The van der Waals surface area contributed by atoms with Crippen molar-refractivity contribution >= 4 is 44.7 Å². The molecule has 1 unspecified atom stereocenters. The van der Waals surface area contributed by atoms with E-state index < -0.39 is 22.6 Å². The zero-order chi connectivity index (χ0) is 22.5. The van der Waals surface area contributed by atoms with Gasteiger partial charge in [-0.1, -0.05) is 40.2 Å². The maximum atomic E-state index is 13.9. The van der Waals surface area contributed by atoms with Crippen LogP contribution in [0.5, 0.6) is 0 Å². The molecule has 3 aliphatic rings. The lowest BCUT2D eigenvalue weighted by Crippen LogP contribution is -2.51. The van der Waals surface area contributed by atoms with Crippen molar-refractivity contribution in [2.24, 2.45) is 14.1 Å². The fourth-order valence-corrected chi connectivity index (χ4v) is 5.49. The maximum absolute atomic E-state index is 13.9. The Kier molecular flexibility index (Phi) is 3.53. The Balaban J connectivity index is 1.88. The molecule has 0 fully saturated rings. The van der Waals surface area contributed by atoms with Gasteiger partial charge in [0.05, 0.1) is 11.3 Å². The van der Waals surface area contributed by atoms with Crippen LogP contribution in [0.4, 0.5) is 11.5 Å². The van der Waals surface area contributed by atoms with Crippen LogP contribution in [0, 0.1) is 0 Å². The van der Waals surface area contributed by atoms with Crippen LogP contribution in [0.15, 0.2) is 62.2 Å². The smallest absolute Gasteiger partial charge is 0.332 e. The SMILES string of the molecule is Cn1c2c(c(=O)n(C)c1=O)C1(C(=O)Nc3ccc(Br)cc31)C1=C(N2)C(=O)c2ccccc21. The second-order valence-corrected chi connectivity index (χ2v) is 8.99. The van der Waals surface area contributed by atoms with Crippen LogP contribution in [0.25, 0.3) is 5.57 Å². The number of amides is 1. The fraction of sp³-hybridized carbons (Fsp3) is 0.130. The Bertz CT molecular complexity index is 1600. The number of Topliss-reactive ketones (excluding diaryl/α,β-unsaturated/α-hetero) is 1. The van der Waals surface area contributed by atoms with Gasteiger partial charge in [0, 0.05) is 41.0 Å². The van der Waals surface area contributed by atoms with Gasteiger partial charge in [-0.05, 0) is 23.8 Å². The third kappa shape index (κ3) is 1.97. The van der Waals surface area contributed by atoms with E-state index in [1.165, 1.54) is 18.7 Å². The molecule has 2 aliphatic heterocycles. The molecule has 0 saturated heterocycles. The van der Waals surface area contributed by atoms with Gasteiger partial charge in [0.25, 0.3) is 5.56 Å². The van der Waals surface area contributed by atoms with Crippen LogP contribution in [0.1, 0.15) is 27.0 Å². The number of halogens is 1. The summed E-state index contributed by atoms with van der Waals surface area (Å²) in [7, 11) is 2.89. The van der Waals surface area contributed by atoms with E-state index in [0.29, 0.717) is 32.4 Å². The molecule has 32 heavy (non-hydrogen) atoms. The van der Waals surface area contributed by atoms with Crippen molar-refractivity contribution in [3.63, 3.8) is 0 Å². The van der Waals surface area contributed by atoms with Crippen LogP contribution in [-0.4, -0.2) is 20.8 Å². The molecule has 1 aromatic heterocycles. The predicted octanol–water partition coefficient (Wildman–Crippen LogP) is 2.12. The molecule has 0 bridgehead atoms. The van der Waals surface area contributed by atoms with Gasteiger partial charge < -0.3 is 10.6 Å². The normalized spacial score (nSPS) is 20.0. The summed E-state index contributed by atoms with van der Waals surface area (Å²) < 4.78 is 2.97. The predicted molar refractivity (Wildman–Crippen MR) is 122 cm³/mol. The second-order valence-electron chi connectivity index (χ2n) is 8.07. The number of rotatable bonds is 0. The van der Waals surface area contributed by atoms with Crippen molar-refractivity contribution in [3.8, 4) is 0 Å². The Morgan fingerprint density at radius 2 is 1.62 bits per heavy atom. The minimum absolute atomic E-state index is 0.111. The van der Waals surface area contributed by atoms with E-state index in [0.717, 1.165) is 4.57 Å². The highest BCUT2D eigenvalue weighted by molar-refractivity contribution is 9.10. The summed E-state index contributed by atoms with van der Waals surface area (Å²) in [5.41, 5.74) is 0.105. The number of allylic oxidation sites excluding steroid dienone is 1. The van der Waals surface area contributed by atoms with E-state index in [1.807, 2.05) is 0 Å². The van der Waals surface area contributed by atoms with E-state index in [-0.39, 0.29) is 22.9 Å². The van der Waals surface area contributed by atoms with E-state index in [4.69, 9.17) is 0 Å². The molecule has 3 heterocycles. The molecule has 0 saturated carbocycles. The summed E-state index contributed by atoms with van der Waals surface area (Å²) in [6, 6.07) is 12.3. The molecule has 0 radical (unpaired) electrons. The number of hydrogen-bond acceptors (Lipinski definition) is 5. The van der Waals surface area contributed by atoms with Gasteiger partial charge in [0.1, 0.15) is 11.2 Å². The number of benzene rings is 2. The van der Waals surface area contributed by atoms with E-state index >= 15 is 0 Å². The molecule has 9 heteroatoms. The maximum Gasteiger partial charge on any atom is 0.332 e. The number of carbonyl (C=O) groups is 2. The number of aromatic nitrogens is 2. The van der Waals surface area contributed by atoms with Crippen molar-refractivity contribution in [2.45, 2.75) is 5.41 Å². The van der Waals surface area contributed by atoms with Crippen LogP contribution in [-0.2, 0) is 24.3 Å². The van der Waals surface area contributed by atoms with Gasteiger partial charge in [0.15, 0.2) is 0 Å². The molecule has 2 N–H and O–H groups in total. The standard InChI is InChI=1S/C23H15BrN4O4/c1-27-19-16(20(30)28(2)22(27)32)23(13-9-10(24)7-8-14(13)25-21(23)31)15-11-5-3-4-6-12(11)18(29)17(15)26-19/h3-9,26H,1-2H3,(H,25,31). The van der Waals surface area contributed by atoms with Gasteiger partial charge in [-0.15, -0.1) is 0 Å². The summed E-state index contributed by atoms with van der Waals surface area (Å²) in [6.45, 7) is 0. The number of carbonyl (C=O) groups excluding carboxylic acids is 2. The number of nitrogens with zero attached hydrogens (tertiary/aromatic N) is 2. The van der Waals surface area contributed by atoms with Gasteiger partial charge in [-0.2, -0.15) is 0 Å². The summed E-state index contributed by atoms with van der Waals surface area (Å²) in [6.07, 6.45) is 0. The van der Waals surface area contributed by atoms with E-state index in [1.54, 1.807) is 42.5 Å². The number of ketones is 1. The Hall–Kier alpha value is -3.72. The van der Waals surface area contributed by atoms with Crippen LogP contribution >= 0.6 is 15.9 Å². The first-order valence-corrected chi connectivity index (χ1v) is 10.7. The van der Waals surface area contributed by atoms with Crippen molar-refractivity contribution in [1.82, 2.24) is 9.13 Å². The first-order valence-electron chi connectivity index (χ1n) is 9.86. The van der Waals surface area contributed by atoms with Gasteiger partial charge in [0.2, 0.25) is 11.7 Å². The third-order valence-corrected chi connectivity index (χ3v) is 7.04. The number of nitrogens with one attached hydrogen (secondary N) is 2. The van der Waals surface area contributed by atoms with Gasteiger partial charge in [-0.3, -0.25) is 23.5 Å². The molecule has 1 amide bonds. The highest BCUT2D eigenvalue weighted by atomic mass is 79.9. The molecule has 1 aliphatic carbocycles. The lowest BCUT2D eigenvalue weighted by molar-refractivity contribution is -0.118. The number of fused-ring (bicyclic) bond motifs is 7. The van der Waals surface area contributed by atoms with Gasteiger partial charge in [-0.25, -0.2) is 4.79 Å². The molecule has 6 rings (SSSR count). The molecule has 1 atom stereocenters. The van der Waals surface area contributed by atoms with Crippen molar-refractivity contribution in [2.75, 3.05) is 10.6 Å². The van der Waals surface area contributed by atoms with Crippen LogP contribution in [0.3, 0.4) is 0 Å². The topological polar surface area (TPSA) is 102 Å². The zero-order valence-electron chi connectivity index (χ0n) is 16.9. The Morgan fingerprint density at radius 1 is 0.906 bits per heavy atom. The molecular formula is C23H15BrN4O4. The van der Waals surface area contributed by atoms with E-state index in [2.05, 4.69) is 26.6 Å².